The molecule has 1 aromatic rings. The van der Waals surface area contributed by atoms with Crippen LogP contribution in [0.25, 0.3) is 0 Å². The molecule has 0 aromatic heterocycles. The fourth-order valence-electron chi connectivity index (χ4n) is 3.07. The predicted molar refractivity (Wildman–Crippen MR) is 85.8 cm³/mol. The van der Waals surface area contributed by atoms with Crippen LogP contribution in [-0.2, 0) is 13.1 Å². The predicted octanol–water partition coefficient (Wildman–Crippen LogP) is 2.18. The Bertz CT molecular complexity index is 378. The molecule has 0 aliphatic carbocycles. The maximum atomic E-state index is 3.19. The van der Waals surface area contributed by atoms with Crippen LogP contribution >= 0.6 is 0 Å². The third-order valence-electron chi connectivity index (χ3n) is 4.14. The van der Waals surface area contributed by atoms with Crippen LogP contribution in [0.3, 0.4) is 0 Å². The van der Waals surface area contributed by atoms with Gasteiger partial charge in [0.15, 0.2) is 0 Å². The Morgan fingerprint density at radius 2 is 1.70 bits per heavy atom. The minimum Gasteiger partial charge on any atom is -0.316 e. The van der Waals surface area contributed by atoms with Crippen LogP contribution < -0.4 is 5.32 Å². The SMILES string of the molecule is CNCc1ccc(CN2CCC(CN(C)C)CC2)cc1. The zero-order valence-electron chi connectivity index (χ0n) is 13.2. The molecule has 0 atom stereocenters. The molecule has 0 radical (unpaired) electrons. The first kappa shape index (κ1) is 15.5. The van der Waals surface area contributed by atoms with Crippen LogP contribution in [-0.4, -0.2) is 50.6 Å². The van der Waals surface area contributed by atoms with Gasteiger partial charge in [-0.05, 0) is 64.1 Å². The van der Waals surface area contributed by atoms with E-state index in [0.29, 0.717) is 0 Å². The zero-order chi connectivity index (χ0) is 14.4. The van der Waals surface area contributed by atoms with Gasteiger partial charge in [-0.3, -0.25) is 4.90 Å². The molecule has 1 N–H and O–H groups in total. The average molecular weight is 275 g/mol. The highest BCUT2D eigenvalue weighted by Crippen LogP contribution is 2.19. The lowest BCUT2D eigenvalue weighted by Gasteiger charge is -2.33. The van der Waals surface area contributed by atoms with E-state index in [2.05, 4.69) is 53.5 Å². The lowest BCUT2D eigenvalue weighted by molar-refractivity contribution is 0.157. The molecule has 0 saturated carbocycles. The third-order valence-corrected chi connectivity index (χ3v) is 4.14. The number of piperidine rings is 1. The summed E-state index contributed by atoms with van der Waals surface area (Å²) in [5.41, 5.74) is 2.80. The number of nitrogens with zero attached hydrogens (tertiary/aromatic N) is 2. The van der Waals surface area contributed by atoms with Gasteiger partial charge < -0.3 is 10.2 Å². The van der Waals surface area contributed by atoms with Crippen molar-refractivity contribution in [2.24, 2.45) is 5.92 Å². The average Bonchev–Trinajstić information content (AvgIpc) is 2.43. The molecule has 0 bridgehead atoms. The molecule has 1 aromatic carbocycles. The van der Waals surface area contributed by atoms with E-state index in [1.165, 1.54) is 43.6 Å². The Balaban J connectivity index is 1.77. The van der Waals surface area contributed by atoms with Crippen LogP contribution in [0, 0.1) is 5.92 Å². The number of benzene rings is 1. The van der Waals surface area contributed by atoms with Crippen molar-refractivity contribution in [3.8, 4) is 0 Å². The number of hydrogen-bond donors (Lipinski definition) is 1. The molecule has 1 aliphatic heterocycles. The van der Waals surface area contributed by atoms with Crippen molar-refractivity contribution in [2.75, 3.05) is 40.8 Å². The Morgan fingerprint density at radius 1 is 1.10 bits per heavy atom. The fraction of sp³-hybridized carbons (Fsp3) is 0.647. The molecule has 0 amide bonds. The van der Waals surface area contributed by atoms with Crippen LogP contribution in [0.5, 0.6) is 0 Å². The number of likely N-dealkylation sites (tertiary alicyclic amines) is 1. The summed E-state index contributed by atoms with van der Waals surface area (Å²) in [4.78, 5) is 4.92. The van der Waals surface area contributed by atoms with Crippen molar-refractivity contribution >= 4 is 0 Å². The highest BCUT2D eigenvalue weighted by atomic mass is 15.1. The second-order valence-corrected chi connectivity index (χ2v) is 6.33. The van der Waals surface area contributed by atoms with Crippen molar-refractivity contribution in [1.29, 1.82) is 0 Å². The molecule has 3 heteroatoms. The minimum atomic E-state index is 0.888. The summed E-state index contributed by atoms with van der Waals surface area (Å²) in [5.74, 6) is 0.888. The van der Waals surface area contributed by atoms with Crippen LogP contribution in [0.15, 0.2) is 24.3 Å². The first-order valence-electron chi connectivity index (χ1n) is 7.77. The van der Waals surface area contributed by atoms with Crippen molar-refractivity contribution < 1.29 is 0 Å². The molecular weight excluding hydrogens is 246 g/mol. The van der Waals surface area contributed by atoms with E-state index in [-0.39, 0.29) is 0 Å². The lowest BCUT2D eigenvalue weighted by atomic mass is 9.96. The van der Waals surface area contributed by atoms with Gasteiger partial charge in [-0.25, -0.2) is 0 Å². The Labute approximate surface area is 124 Å². The first-order chi connectivity index (χ1) is 9.67. The summed E-state index contributed by atoms with van der Waals surface area (Å²) >= 11 is 0. The van der Waals surface area contributed by atoms with Gasteiger partial charge in [0.2, 0.25) is 0 Å². The Kier molecular flexibility index (Phi) is 6.02. The van der Waals surface area contributed by atoms with Gasteiger partial charge in [0.05, 0.1) is 0 Å². The van der Waals surface area contributed by atoms with E-state index in [1.54, 1.807) is 0 Å². The fourth-order valence-corrected chi connectivity index (χ4v) is 3.07. The quantitative estimate of drug-likeness (QED) is 0.858. The summed E-state index contributed by atoms with van der Waals surface area (Å²) in [6.45, 7) is 5.80. The summed E-state index contributed by atoms with van der Waals surface area (Å²) in [5, 5.41) is 3.19. The molecule has 20 heavy (non-hydrogen) atoms. The Hall–Kier alpha value is -0.900. The van der Waals surface area contributed by atoms with E-state index in [1.807, 2.05) is 7.05 Å². The van der Waals surface area contributed by atoms with Crippen molar-refractivity contribution in [1.82, 2.24) is 15.1 Å². The largest absolute Gasteiger partial charge is 0.316 e. The highest BCUT2D eigenvalue weighted by Gasteiger charge is 2.19. The summed E-state index contributed by atoms with van der Waals surface area (Å²) in [6.07, 6.45) is 2.69. The van der Waals surface area contributed by atoms with Gasteiger partial charge >= 0.3 is 0 Å². The molecule has 1 aliphatic rings. The molecule has 0 unspecified atom stereocenters. The van der Waals surface area contributed by atoms with Gasteiger partial charge in [-0.2, -0.15) is 0 Å². The van der Waals surface area contributed by atoms with E-state index in [0.717, 1.165) is 19.0 Å². The van der Waals surface area contributed by atoms with E-state index in [4.69, 9.17) is 0 Å². The Morgan fingerprint density at radius 3 is 2.25 bits per heavy atom. The van der Waals surface area contributed by atoms with E-state index >= 15 is 0 Å². The molecule has 3 nitrogen and oxygen atoms in total. The smallest absolute Gasteiger partial charge is 0.0233 e. The van der Waals surface area contributed by atoms with Crippen molar-refractivity contribution in [2.45, 2.75) is 25.9 Å². The summed E-state index contributed by atoms with van der Waals surface area (Å²) in [7, 11) is 6.35. The summed E-state index contributed by atoms with van der Waals surface area (Å²) in [6, 6.07) is 9.03. The van der Waals surface area contributed by atoms with Crippen molar-refractivity contribution in [3.05, 3.63) is 35.4 Å². The standard InChI is InChI=1S/C17H29N3/c1-18-12-15-4-6-16(7-5-15)14-20-10-8-17(9-11-20)13-19(2)3/h4-7,17-18H,8-14H2,1-3H3. The van der Waals surface area contributed by atoms with Gasteiger partial charge in [-0.15, -0.1) is 0 Å². The molecule has 1 heterocycles. The zero-order valence-corrected chi connectivity index (χ0v) is 13.2. The second kappa shape index (κ2) is 7.77. The first-order valence-corrected chi connectivity index (χ1v) is 7.77. The van der Waals surface area contributed by atoms with Crippen LogP contribution in [0.4, 0.5) is 0 Å². The third kappa shape index (κ3) is 4.89. The van der Waals surface area contributed by atoms with E-state index < -0.39 is 0 Å². The van der Waals surface area contributed by atoms with Crippen molar-refractivity contribution in [3.63, 3.8) is 0 Å². The summed E-state index contributed by atoms with van der Waals surface area (Å²) < 4.78 is 0. The monoisotopic (exact) mass is 275 g/mol. The molecular formula is C17H29N3. The molecule has 2 rings (SSSR count). The second-order valence-electron chi connectivity index (χ2n) is 6.33. The maximum Gasteiger partial charge on any atom is 0.0233 e. The number of rotatable bonds is 6. The van der Waals surface area contributed by atoms with E-state index in [9.17, 15) is 0 Å². The van der Waals surface area contributed by atoms with Gasteiger partial charge in [-0.1, -0.05) is 24.3 Å². The highest BCUT2D eigenvalue weighted by molar-refractivity contribution is 5.22. The molecule has 1 fully saturated rings. The van der Waals surface area contributed by atoms with Crippen LogP contribution in [0.1, 0.15) is 24.0 Å². The van der Waals surface area contributed by atoms with Gasteiger partial charge in [0.25, 0.3) is 0 Å². The number of nitrogens with one attached hydrogen (secondary N) is 1. The molecule has 1 saturated heterocycles. The number of hydrogen-bond acceptors (Lipinski definition) is 3. The maximum absolute atomic E-state index is 3.19. The molecule has 112 valence electrons. The molecule has 0 spiro atoms. The lowest BCUT2D eigenvalue weighted by Crippen LogP contribution is -2.36. The topological polar surface area (TPSA) is 18.5 Å². The van der Waals surface area contributed by atoms with Gasteiger partial charge in [0, 0.05) is 19.6 Å². The normalized spacial score (nSPS) is 17.8. The minimum absolute atomic E-state index is 0.888. The van der Waals surface area contributed by atoms with Crippen LogP contribution in [0.2, 0.25) is 0 Å². The van der Waals surface area contributed by atoms with Gasteiger partial charge in [0.1, 0.15) is 0 Å².